The lowest BCUT2D eigenvalue weighted by molar-refractivity contribution is -0.118. The van der Waals surface area contributed by atoms with Crippen molar-refractivity contribution in [3.63, 3.8) is 0 Å². The van der Waals surface area contributed by atoms with Gasteiger partial charge < -0.3 is 43.8 Å². The zero-order valence-corrected chi connectivity index (χ0v) is 32.1. The number of alkyl carbamates (subject to hydrolysis) is 2. The van der Waals surface area contributed by atoms with Crippen molar-refractivity contribution in [3.8, 4) is 0 Å². The molecule has 11 heteroatoms. The molecule has 2 N–H and O–H groups in total. The summed E-state index contributed by atoms with van der Waals surface area (Å²) in [5.41, 5.74) is 1.51. The number of nitrogens with one attached hydrogen (secondary N) is 2. The van der Waals surface area contributed by atoms with Gasteiger partial charge in [-0.05, 0) is 106 Å². The SMILES string of the molecule is CO[C@@H]1[C@H](OC(=O)NC2CCC(NC(=O)O[C@@H]3CC[C@]4(CO4)[C@@H]([C@@]4(C)O[C@@H]4CC=C(C)C)[C@@H]3C)CC2)CC[C@]2(CO2)[C@H]1[C@@]1(C)O[C@@H]1CC=C(C)C. The van der Waals surface area contributed by atoms with Crippen molar-refractivity contribution in [2.75, 3.05) is 20.3 Å². The van der Waals surface area contributed by atoms with E-state index in [0.29, 0.717) is 13.0 Å². The van der Waals surface area contributed by atoms with Crippen LogP contribution < -0.4 is 10.6 Å². The molecule has 7 rings (SSSR count). The third-order valence-corrected chi connectivity index (χ3v) is 13.5. The van der Waals surface area contributed by atoms with Gasteiger partial charge in [-0.2, -0.15) is 0 Å². The van der Waals surface area contributed by atoms with Crippen LogP contribution >= 0.6 is 0 Å². The van der Waals surface area contributed by atoms with Gasteiger partial charge in [0.1, 0.15) is 29.5 Å². The zero-order valence-electron chi connectivity index (χ0n) is 32.1. The van der Waals surface area contributed by atoms with Crippen LogP contribution in [0.2, 0.25) is 0 Å². The van der Waals surface area contributed by atoms with E-state index >= 15 is 0 Å². The molecule has 2 amide bonds. The predicted molar refractivity (Wildman–Crippen MR) is 190 cm³/mol. The normalized spacial score (nSPS) is 46.4. The van der Waals surface area contributed by atoms with Gasteiger partial charge in [-0.25, -0.2) is 9.59 Å². The Hall–Kier alpha value is -2.18. The largest absolute Gasteiger partial charge is 0.446 e. The molecule has 11 nitrogen and oxygen atoms in total. The van der Waals surface area contributed by atoms with Gasteiger partial charge >= 0.3 is 12.2 Å². The Morgan fingerprint density at radius 1 is 0.706 bits per heavy atom. The van der Waals surface area contributed by atoms with Gasteiger partial charge in [0, 0.05) is 31.0 Å². The van der Waals surface area contributed by atoms with E-state index in [9.17, 15) is 9.59 Å². The van der Waals surface area contributed by atoms with E-state index in [2.05, 4.69) is 71.3 Å². The summed E-state index contributed by atoms with van der Waals surface area (Å²) in [6.45, 7) is 16.4. The van der Waals surface area contributed by atoms with Gasteiger partial charge in [-0.1, -0.05) is 30.2 Å². The van der Waals surface area contributed by atoms with Crippen LogP contribution in [0, 0.1) is 17.8 Å². The molecule has 0 bridgehead atoms. The lowest BCUT2D eigenvalue weighted by atomic mass is 9.64. The maximum Gasteiger partial charge on any atom is 0.407 e. The summed E-state index contributed by atoms with van der Waals surface area (Å²) < 4.78 is 43.0. The van der Waals surface area contributed by atoms with Crippen molar-refractivity contribution in [2.24, 2.45) is 17.8 Å². The molecule has 51 heavy (non-hydrogen) atoms. The van der Waals surface area contributed by atoms with Crippen LogP contribution in [-0.4, -0.2) is 97.5 Å². The molecule has 286 valence electrons. The van der Waals surface area contributed by atoms with Crippen LogP contribution in [0.5, 0.6) is 0 Å². The Labute approximate surface area is 304 Å². The van der Waals surface area contributed by atoms with Crippen molar-refractivity contribution in [3.05, 3.63) is 23.3 Å². The van der Waals surface area contributed by atoms with Gasteiger partial charge in [0.25, 0.3) is 0 Å². The average Bonchev–Trinajstić information content (AvgIpc) is 3.94. The third-order valence-electron chi connectivity index (χ3n) is 13.5. The number of hydrogen-bond donors (Lipinski definition) is 2. The van der Waals surface area contributed by atoms with E-state index in [4.69, 9.17) is 33.2 Å². The van der Waals surface area contributed by atoms with Gasteiger partial charge in [0.15, 0.2) is 0 Å². The van der Waals surface area contributed by atoms with E-state index < -0.39 is 6.09 Å². The monoisotopic (exact) mass is 714 g/mol. The van der Waals surface area contributed by atoms with Crippen molar-refractivity contribution in [1.29, 1.82) is 0 Å². The minimum atomic E-state index is -0.415. The van der Waals surface area contributed by atoms with E-state index in [0.717, 1.165) is 64.4 Å². The fraction of sp³-hybridized carbons (Fsp3) is 0.850. The second-order valence-electron chi connectivity index (χ2n) is 17.6. The molecule has 12 atom stereocenters. The zero-order chi connectivity index (χ0) is 36.3. The molecule has 0 aromatic carbocycles. The molecule has 0 unspecified atom stereocenters. The highest BCUT2D eigenvalue weighted by Crippen LogP contribution is 2.61. The molecule has 4 aliphatic heterocycles. The predicted octanol–water partition coefficient (Wildman–Crippen LogP) is 6.52. The molecule has 0 aromatic rings. The van der Waals surface area contributed by atoms with Crippen LogP contribution in [0.4, 0.5) is 9.59 Å². The quantitative estimate of drug-likeness (QED) is 0.181. The Kier molecular flexibility index (Phi) is 10.1. The summed E-state index contributed by atoms with van der Waals surface area (Å²) in [5, 5.41) is 6.23. The highest BCUT2D eigenvalue weighted by Gasteiger charge is 2.73. The van der Waals surface area contributed by atoms with Crippen LogP contribution in [0.25, 0.3) is 0 Å². The maximum absolute atomic E-state index is 13.2. The number of amides is 2. The number of carbonyl (C=O) groups is 2. The summed E-state index contributed by atoms with van der Waals surface area (Å²) in [7, 11) is 1.69. The fourth-order valence-corrected chi connectivity index (χ4v) is 10.4. The molecular weight excluding hydrogens is 652 g/mol. The number of methoxy groups -OCH3 is 1. The first-order valence-corrected chi connectivity index (χ1v) is 19.6. The Morgan fingerprint density at radius 2 is 1.14 bits per heavy atom. The average molecular weight is 715 g/mol. The molecule has 3 aliphatic carbocycles. The molecule has 4 heterocycles. The molecule has 0 radical (unpaired) electrons. The number of rotatable bonds is 11. The van der Waals surface area contributed by atoms with Crippen molar-refractivity contribution in [1.82, 2.24) is 10.6 Å². The first kappa shape index (κ1) is 37.1. The molecule has 4 saturated heterocycles. The summed E-state index contributed by atoms with van der Waals surface area (Å²) in [5.74, 6) is 0.297. The summed E-state index contributed by atoms with van der Waals surface area (Å²) in [6, 6.07) is -0.0161. The summed E-state index contributed by atoms with van der Waals surface area (Å²) in [4.78, 5) is 26.4. The number of carbonyl (C=O) groups excluding carboxylic acids is 2. The minimum Gasteiger partial charge on any atom is -0.446 e. The maximum atomic E-state index is 13.2. The van der Waals surface area contributed by atoms with E-state index in [1.807, 2.05) is 0 Å². The molecule has 7 fully saturated rings. The van der Waals surface area contributed by atoms with Gasteiger partial charge in [0.2, 0.25) is 0 Å². The van der Waals surface area contributed by atoms with E-state index in [-0.39, 0.29) is 88.9 Å². The lowest BCUT2D eigenvalue weighted by Gasteiger charge is -2.42. The smallest absolute Gasteiger partial charge is 0.407 e. The Balaban J connectivity index is 0.861. The molecule has 3 saturated carbocycles. The summed E-state index contributed by atoms with van der Waals surface area (Å²) >= 11 is 0. The first-order chi connectivity index (χ1) is 24.2. The standard InChI is InChI=1S/C40H62N2O9/c1-23(2)9-15-30-37(6,50-30)33-25(5)28(17-19-39(33)21-46-39)48-35(43)41-26-11-13-27(14-12-26)42-36(44)49-29-18-20-40(22-47-40)34(32(29)45-8)38(7)31(51-38)16-10-24(3)4/h9-10,25-34H,11-22H2,1-8H3,(H,41,43)(H,42,44)/t25-,26?,27?,28-,29-,30-,31-,32-,33-,34-,37+,38+,39+,40+/m1/s1. The molecule has 2 spiro atoms. The second kappa shape index (κ2) is 13.9. The van der Waals surface area contributed by atoms with E-state index in [1.165, 1.54) is 11.1 Å². The first-order valence-electron chi connectivity index (χ1n) is 19.6. The van der Waals surface area contributed by atoms with Crippen LogP contribution in [0.3, 0.4) is 0 Å². The second-order valence-corrected chi connectivity index (χ2v) is 17.6. The fourth-order valence-electron chi connectivity index (χ4n) is 10.4. The highest BCUT2D eigenvalue weighted by atomic mass is 16.6. The van der Waals surface area contributed by atoms with Crippen molar-refractivity contribution >= 4 is 12.2 Å². The van der Waals surface area contributed by atoms with Crippen LogP contribution in [0.15, 0.2) is 23.3 Å². The topological polar surface area (TPSA) is 136 Å². The summed E-state index contributed by atoms with van der Waals surface area (Å²) in [6.07, 6.45) is 11.0. The van der Waals surface area contributed by atoms with Crippen LogP contribution in [0.1, 0.15) is 113 Å². The number of allylic oxidation sites excluding steroid dienone is 2. The third kappa shape index (κ3) is 7.48. The molecule has 7 aliphatic rings. The Morgan fingerprint density at radius 3 is 1.59 bits per heavy atom. The van der Waals surface area contributed by atoms with Crippen LogP contribution in [-0.2, 0) is 33.2 Å². The number of hydrogen-bond acceptors (Lipinski definition) is 9. The highest BCUT2D eigenvalue weighted by molar-refractivity contribution is 5.68. The van der Waals surface area contributed by atoms with E-state index in [1.54, 1.807) is 7.11 Å². The van der Waals surface area contributed by atoms with Gasteiger partial charge in [0.05, 0.1) is 42.5 Å². The molecule has 0 aromatic heterocycles. The Bertz CT molecular complexity index is 1380. The minimum absolute atomic E-state index is 0.00221. The van der Waals surface area contributed by atoms with Crippen molar-refractivity contribution in [2.45, 2.75) is 178 Å². The number of epoxide rings is 4. The van der Waals surface area contributed by atoms with Gasteiger partial charge in [-0.15, -0.1) is 0 Å². The molecular formula is C40H62N2O9. The number of ether oxygens (including phenoxy) is 7. The van der Waals surface area contributed by atoms with Crippen molar-refractivity contribution < 1.29 is 42.7 Å². The van der Waals surface area contributed by atoms with Gasteiger partial charge in [-0.3, -0.25) is 0 Å². The lowest BCUT2D eigenvalue weighted by Crippen LogP contribution is -2.56.